The minimum Gasteiger partial charge on any atom is -0.409 e. The van der Waals surface area contributed by atoms with Gasteiger partial charge in [0.25, 0.3) is 5.91 Å². The van der Waals surface area contributed by atoms with Crippen molar-refractivity contribution in [2.75, 3.05) is 26.2 Å². The molecule has 21 heavy (non-hydrogen) atoms. The van der Waals surface area contributed by atoms with Crippen molar-refractivity contribution >= 4 is 23.3 Å². The molecule has 0 saturated carbocycles. The molecule has 1 fully saturated rings. The van der Waals surface area contributed by atoms with Crippen molar-refractivity contribution < 1.29 is 10.0 Å². The maximum atomic E-state index is 12.2. The maximum absolute atomic E-state index is 12.2. The predicted octanol–water partition coefficient (Wildman–Crippen LogP) is 0.211. The summed E-state index contributed by atoms with van der Waals surface area (Å²) in [5.41, 5.74) is 5.77. The summed E-state index contributed by atoms with van der Waals surface area (Å²) in [6.45, 7) is 4.72. The van der Waals surface area contributed by atoms with Crippen molar-refractivity contribution in [2.45, 2.75) is 25.8 Å². The Balaban J connectivity index is 1.94. The lowest BCUT2D eigenvalue weighted by molar-refractivity contribution is 0.0610. The quantitative estimate of drug-likeness (QED) is 0.348. The van der Waals surface area contributed by atoms with Gasteiger partial charge in [-0.2, -0.15) is 0 Å². The van der Waals surface area contributed by atoms with Gasteiger partial charge in [-0.15, -0.1) is 5.10 Å². The zero-order chi connectivity index (χ0) is 15.2. The first-order valence-corrected chi connectivity index (χ1v) is 7.72. The lowest BCUT2D eigenvalue weighted by Crippen LogP contribution is -2.55. The summed E-state index contributed by atoms with van der Waals surface area (Å²) in [7, 11) is 0. The molecule has 8 nitrogen and oxygen atoms in total. The monoisotopic (exact) mass is 312 g/mol. The molecular weight excluding hydrogens is 292 g/mol. The number of piperazine rings is 1. The van der Waals surface area contributed by atoms with Gasteiger partial charge in [0.1, 0.15) is 4.88 Å². The number of carbonyl (C=O) groups excluding carboxylic acids is 1. The Morgan fingerprint density at radius 2 is 2.24 bits per heavy atom. The number of oxime groups is 1. The topological polar surface area (TPSA) is 108 Å². The first-order valence-electron chi connectivity index (χ1n) is 6.95. The van der Waals surface area contributed by atoms with E-state index in [1.54, 1.807) is 4.90 Å². The van der Waals surface area contributed by atoms with E-state index < -0.39 is 0 Å². The van der Waals surface area contributed by atoms with Gasteiger partial charge < -0.3 is 15.8 Å². The Kier molecular flexibility index (Phi) is 5.45. The van der Waals surface area contributed by atoms with Gasteiger partial charge in [0.15, 0.2) is 5.84 Å². The summed E-state index contributed by atoms with van der Waals surface area (Å²) in [6.07, 6.45) is 3.28. The lowest BCUT2D eigenvalue weighted by Gasteiger charge is -2.38. The third-order valence-corrected chi connectivity index (χ3v) is 4.29. The SMILES string of the molecule is CCCC(C(N)=NO)N1CCN(C(=O)c2cnns2)CC1. The van der Waals surface area contributed by atoms with Crippen molar-refractivity contribution in [3.05, 3.63) is 11.1 Å². The fourth-order valence-electron chi connectivity index (χ4n) is 2.51. The van der Waals surface area contributed by atoms with Gasteiger partial charge in [0.05, 0.1) is 12.2 Å². The average Bonchev–Trinajstić information content (AvgIpc) is 3.06. The first-order chi connectivity index (χ1) is 10.2. The van der Waals surface area contributed by atoms with E-state index in [9.17, 15) is 4.79 Å². The van der Waals surface area contributed by atoms with Crippen LogP contribution in [0.3, 0.4) is 0 Å². The van der Waals surface area contributed by atoms with E-state index in [1.165, 1.54) is 6.20 Å². The van der Waals surface area contributed by atoms with Gasteiger partial charge >= 0.3 is 0 Å². The summed E-state index contributed by atoms with van der Waals surface area (Å²) in [5.74, 6) is 0.212. The second-order valence-corrected chi connectivity index (χ2v) is 5.72. The third kappa shape index (κ3) is 3.67. The second kappa shape index (κ2) is 7.32. The number of aromatic nitrogens is 2. The van der Waals surface area contributed by atoms with Crippen LogP contribution in [0.25, 0.3) is 0 Å². The van der Waals surface area contributed by atoms with E-state index in [1.807, 2.05) is 0 Å². The summed E-state index contributed by atoms with van der Waals surface area (Å²) >= 11 is 1.11. The van der Waals surface area contributed by atoms with Crippen LogP contribution >= 0.6 is 11.5 Å². The van der Waals surface area contributed by atoms with E-state index in [0.29, 0.717) is 31.1 Å². The molecule has 1 unspecified atom stereocenters. The fraction of sp³-hybridized carbons (Fsp3) is 0.667. The number of nitrogens with zero attached hydrogens (tertiary/aromatic N) is 5. The zero-order valence-corrected chi connectivity index (χ0v) is 12.8. The first kappa shape index (κ1) is 15.6. The predicted molar refractivity (Wildman–Crippen MR) is 79.5 cm³/mol. The number of rotatable bonds is 5. The van der Waals surface area contributed by atoms with Crippen molar-refractivity contribution in [1.29, 1.82) is 0 Å². The van der Waals surface area contributed by atoms with Crippen molar-refractivity contribution in [3.63, 3.8) is 0 Å². The van der Waals surface area contributed by atoms with Crippen LogP contribution in [0.1, 0.15) is 29.4 Å². The number of amides is 1. The van der Waals surface area contributed by atoms with Crippen LogP contribution in [0.15, 0.2) is 11.4 Å². The van der Waals surface area contributed by atoms with Gasteiger partial charge in [-0.1, -0.05) is 23.0 Å². The lowest BCUT2D eigenvalue weighted by atomic mass is 10.1. The van der Waals surface area contributed by atoms with E-state index in [2.05, 4.69) is 26.6 Å². The molecule has 2 rings (SSSR count). The van der Waals surface area contributed by atoms with Gasteiger partial charge in [-0.05, 0) is 18.0 Å². The molecule has 1 atom stereocenters. The minimum atomic E-state index is -0.0673. The highest BCUT2D eigenvalue weighted by atomic mass is 32.1. The number of carbonyl (C=O) groups is 1. The molecule has 0 aromatic carbocycles. The molecule has 1 saturated heterocycles. The third-order valence-electron chi connectivity index (χ3n) is 3.63. The molecule has 0 aliphatic carbocycles. The number of hydrogen-bond acceptors (Lipinski definition) is 7. The van der Waals surface area contributed by atoms with E-state index in [4.69, 9.17) is 10.9 Å². The van der Waals surface area contributed by atoms with Crippen LogP contribution in [0, 0.1) is 0 Å². The van der Waals surface area contributed by atoms with E-state index in [-0.39, 0.29) is 17.8 Å². The Hall–Kier alpha value is -1.74. The average molecular weight is 312 g/mol. The molecule has 1 aliphatic rings. The van der Waals surface area contributed by atoms with Crippen LogP contribution < -0.4 is 5.73 Å². The van der Waals surface area contributed by atoms with Gasteiger partial charge in [0, 0.05) is 26.2 Å². The molecule has 116 valence electrons. The van der Waals surface area contributed by atoms with Crippen LogP contribution in [-0.2, 0) is 0 Å². The second-order valence-electron chi connectivity index (χ2n) is 4.94. The highest BCUT2D eigenvalue weighted by molar-refractivity contribution is 7.07. The fourth-order valence-corrected chi connectivity index (χ4v) is 3.00. The molecular formula is C12H20N6O2S. The smallest absolute Gasteiger partial charge is 0.267 e. The van der Waals surface area contributed by atoms with Crippen LogP contribution in [-0.4, -0.2) is 68.6 Å². The van der Waals surface area contributed by atoms with Crippen LogP contribution in [0.2, 0.25) is 0 Å². The van der Waals surface area contributed by atoms with Gasteiger partial charge in [-0.25, -0.2) is 0 Å². The normalized spacial score (nSPS) is 18.7. The van der Waals surface area contributed by atoms with Crippen LogP contribution in [0.4, 0.5) is 0 Å². The summed E-state index contributed by atoms with van der Waals surface area (Å²) < 4.78 is 3.71. The summed E-state index contributed by atoms with van der Waals surface area (Å²) in [5, 5.41) is 15.7. The van der Waals surface area contributed by atoms with E-state index >= 15 is 0 Å². The molecule has 1 aliphatic heterocycles. The molecule has 1 amide bonds. The van der Waals surface area contributed by atoms with Crippen LogP contribution in [0.5, 0.6) is 0 Å². The molecule has 1 aromatic rings. The van der Waals surface area contributed by atoms with Crippen molar-refractivity contribution in [1.82, 2.24) is 19.4 Å². The molecule has 3 N–H and O–H groups in total. The maximum Gasteiger partial charge on any atom is 0.267 e. The van der Waals surface area contributed by atoms with Gasteiger partial charge in [-0.3, -0.25) is 9.69 Å². The van der Waals surface area contributed by atoms with E-state index in [0.717, 1.165) is 24.4 Å². The zero-order valence-electron chi connectivity index (χ0n) is 12.0. The standard InChI is InChI=1S/C12H20N6O2S/c1-2-3-9(11(13)15-20)17-4-6-18(7-5-17)12(19)10-8-14-16-21-10/h8-9,20H,2-7H2,1H3,(H2,13,15). The number of hydrogen-bond donors (Lipinski definition) is 2. The Bertz CT molecular complexity index is 484. The molecule has 0 radical (unpaired) electrons. The minimum absolute atomic E-state index is 0.0273. The molecule has 1 aromatic heterocycles. The van der Waals surface area contributed by atoms with Crippen molar-refractivity contribution in [2.24, 2.45) is 10.9 Å². The Labute approximate surface area is 127 Å². The molecule has 2 heterocycles. The Morgan fingerprint density at radius 3 is 2.76 bits per heavy atom. The largest absolute Gasteiger partial charge is 0.409 e. The number of amidine groups is 1. The Morgan fingerprint density at radius 1 is 1.52 bits per heavy atom. The van der Waals surface area contributed by atoms with Crippen molar-refractivity contribution in [3.8, 4) is 0 Å². The van der Waals surface area contributed by atoms with Gasteiger partial charge in [0.2, 0.25) is 0 Å². The summed E-state index contributed by atoms with van der Waals surface area (Å²) in [6, 6.07) is -0.0673. The highest BCUT2D eigenvalue weighted by Crippen LogP contribution is 2.14. The highest BCUT2D eigenvalue weighted by Gasteiger charge is 2.28. The molecule has 0 spiro atoms. The molecule has 0 bridgehead atoms. The number of nitrogens with two attached hydrogens (primary N) is 1. The summed E-state index contributed by atoms with van der Waals surface area (Å²) in [4.78, 5) is 16.7. The molecule has 9 heteroatoms.